The number of hydrogen-bond acceptors (Lipinski definition) is 5. The minimum absolute atomic E-state index is 0.0475. The van der Waals surface area contributed by atoms with Gasteiger partial charge in [-0.2, -0.15) is 0 Å². The number of hydrogen-bond donors (Lipinski definition) is 1. The highest BCUT2D eigenvalue weighted by Gasteiger charge is 2.31. The zero-order valence-electron chi connectivity index (χ0n) is 11.6. The maximum atomic E-state index is 12.7. The van der Waals surface area contributed by atoms with Crippen LogP contribution in [0.25, 0.3) is 16.7 Å². The second-order valence-corrected chi connectivity index (χ2v) is 5.15. The van der Waals surface area contributed by atoms with Crippen molar-refractivity contribution in [3.63, 3.8) is 0 Å². The standard InChI is InChI=1S/C17H12N4O/c18-12-9-11(17(22)10-5-7-19-8-6-10)15-16(12)21-14-4-2-1-3-13(14)20-15/h1-9,11H,18H2. The van der Waals surface area contributed by atoms with Crippen molar-refractivity contribution in [3.05, 3.63) is 71.8 Å². The molecule has 2 aromatic heterocycles. The van der Waals surface area contributed by atoms with Crippen molar-refractivity contribution in [2.75, 3.05) is 0 Å². The number of carbonyl (C=O) groups is 1. The highest BCUT2D eigenvalue weighted by molar-refractivity contribution is 6.04. The first-order valence-electron chi connectivity index (χ1n) is 6.92. The fourth-order valence-corrected chi connectivity index (χ4v) is 2.68. The second kappa shape index (κ2) is 4.73. The fourth-order valence-electron chi connectivity index (χ4n) is 2.68. The number of allylic oxidation sites excluding steroid dienone is 1. The average Bonchev–Trinajstić information content (AvgIpc) is 2.89. The van der Waals surface area contributed by atoms with Crippen molar-refractivity contribution >= 4 is 22.5 Å². The molecular formula is C17H12N4O. The first-order valence-corrected chi connectivity index (χ1v) is 6.92. The first-order chi connectivity index (χ1) is 10.7. The monoisotopic (exact) mass is 288 g/mol. The van der Waals surface area contributed by atoms with E-state index in [0.29, 0.717) is 22.6 Å². The highest BCUT2D eigenvalue weighted by atomic mass is 16.1. The lowest BCUT2D eigenvalue weighted by Gasteiger charge is -2.09. The van der Waals surface area contributed by atoms with Gasteiger partial charge in [-0.1, -0.05) is 12.1 Å². The maximum absolute atomic E-state index is 12.7. The van der Waals surface area contributed by atoms with E-state index in [1.54, 1.807) is 30.6 Å². The molecule has 0 saturated carbocycles. The van der Waals surface area contributed by atoms with E-state index in [2.05, 4.69) is 15.0 Å². The van der Waals surface area contributed by atoms with E-state index in [0.717, 1.165) is 11.0 Å². The van der Waals surface area contributed by atoms with Gasteiger partial charge in [0, 0.05) is 18.0 Å². The number of rotatable bonds is 2. The van der Waals surface area contributed by atoms with Crippen LogP contribution in [0.3, 0.4) is 0 Å². The van der Waals surface area contributed by atoms with Gasteiger partial charge in [-0.05, 0) is 30.3 Å². The summed E-state index contributed by atoms with van der Waals surface area (Å²) < 4.78 is 0. The molecule has 1 aliphatic rings. The Morgan fingerprint density at radius 3 is 2.41 bits per heavy atom. The van der Waals surface area contributed by atoms with Gasteiger partial charge >= 0.3 is 0 Å². The molecule has 1 atom stereocenters. The Balaban J connectivity index is 1.86. The van der Waals surface area contributed by atoms with Crippen LogP contribution in [0.4, 0.5) is 0 Å². The van der Waals surface area contributed by atoms with Gasteiger partial charge in [-0.25, -0.2) is 9.97 Å². The van der Waals surface area contributed by atoms with E-state index < -0.39 is 5.92 Å². The Hall–Kier alpha value is -3.08. The van der Waals surface area contributed by atoms with Crippen LogP contribution < -0.4 is 5.73 Å². The molecule has 0 spiro atoms. The predicted octanol–water partition coefficient (Wildman–Crippen LogP) is 2.30. The third-order valence-corrected chi connectivity index (χ3v) is 3.76. The minimum Gasteiger partial charge on any atom is -0.397 e. The molecular weight excluding hydrogens is 276 g/mol. The highest BCUT2D eigenvalue weighted by Crippen LogP contribution is 2.34. The summed E-state index contributed by atoms with van der Waals surface area (Å²) in [5.41, 5.74) is 9.89. The molecule has 0 bridgehead atoms. The number of benzene rings is 1. The summed E-state index contributed by atoms with van der Waals surface area (Å²) in [4.78, 5) is 25.8. The molecule has 2 heterocycles. The normalized spacial score (nSPS) is 16.4. The Labute approximate surface area is 126 Å². The van der Waals surface area contributed by atoms with Crippen LogP contribution in [0, 0.1) is 0 Å². The van der Waals surface area contributed by atoms with E-state index in [1.165, 1.54) is 0 Å². The van der Waals surface area contributed by atoms with Crippen LogP contribution in [-0.4, -0.2) is 20.7 Å². The number of aromatic nitrogens is 3. The summed E-state index contributed by atoms with van der Waals surface area (Å²) in [7, 11) is 0. The second-order valence-electron chi connectivity index (χ2n) is 5.15. The molecule has 2 N–H and O–H groups in total. The molecule has 0 aliphatic heterocycles. The van der Waals surface area contributed by atoms with Crippen LogP contribution in [0.15, 0.2) is 54.9 Å². The smallest absolute Gasteiger partial charge is 0.175 e. The summed E-state index contributed by atoms with van der Waals surface area (Å²) in [6, 6.07) is 10.9. The Kier molecular flexibility index (Phi) is 2.72. The molecule has 0 fully saturated rings. The van der Waals surface area contributed by atoms with Crippen molar-refractivity contribution < 1.29 is 4.79 Å². The summed E-state index contributed by atoms with van der Waals surface area (Å²) in [5, 5.41) is 0. The van der Waals surface area contributed by atoms with E-state index in [4.69, 9.17) is 5.73 Å². The summed E-state index contributed by atoms with van der Waals surface area (Å²) in [6.45, 7) is 0. The summed E-state index contributed by atoms with van der Waals surface area (Å²) >= 11 is 0. The van der Waals surface area contributed by atoms with Crippen LogP contribution in [0.5, 0.6) is 0 Å². The van der Waals surface area contributed by atoms with Gasteiger partial charge in [-0.3, -0.25) is 9.78 Å². The number of ketones is 1. The van der Waals surface area contributed by atoms with Crippen LogP contribution in [-0.2, 0) is 0 Å². The molecule has 0 saturated heterocycles. The van der Waals surface area contributed by atoms with Crippen molar-refractivity contribution in [1.29, 1.82) is 0 Å². The predicted molar refractivity (Wildman–Crippen MR) is 83.0 cm³/mol. The van der Waals surface area contributed by atoms with Crippen LogP contribution >= 0.6 is 0 Å². The number of para-hydroxylation sites is 2. The van der Waals surface area contributed by atoms with Crippen molar-refractivity contribution in [3.8, 4) is 0 Å². The van der Waals surface area contributed by atoms with Gasteiger partial charge in [-0.15, -0.1) is 0 Å². The third kappa shape index (κ3) is 1.87. The molecule has 1 unspecified atom stereocenters. The number of fused-ring (bicyclic) bond motifs is 2. The lowest BCUT2D eigenvalue weighted by atomic mass is 9.97. The maximum Gasteiger partial charge on any atom is 0.175 e. The Bertz CT molecular complexity index is 918. The van der Waals surface area contributed by atoms with Gasteiger partial charge in [0.2, 0.25) is 0 Å². The van der Waals surface area contributed by atoms with Crippen molar-refractivity contribution in [1.82, 2.24) is 15.0 Å². The average molecular weight is 288 g/mol. The van der Waals surface area contributed by atoms with Gasteiger partial charge in [0.25, 0.3) is 0 Å². The molecule has 5 heteroatoms. The Morgan fingerprint density at radius 1 is 1.00 bits per heavy atom. The number of nitrogens with zero attached hydrogens (tertiary/aromatic N) is 3. The topological polar surface area (TPSA) is 81.8 Å². The Morgan fingerprint density at radius 2 is 1.68 bits per heavy atom. The molecule has 3 aromatic rings. The number of Topliss-reactive ketones (excluding diaryl/α,β-unsaturated/α-hetero) is 1. The van der Waals surface area contributed by atoms with Gasteiger partial charge in [0.15, 0.2) is 5.78 Å². The quantitative estimate of drug-likeness (QED) is 0.732. The van der Waals surface area contributed by atoms with Crippen LogP contribution in [0.1, 0.15) is 27.7 Å². The zero-order chi connectivity index (χ0) is 15.1. The summed E-state index contributed by atoms with van der Waals surface area (Å²) in [5.74, 6) is -0.539. The minimum atomic E-state index is -0.491. The van der Waals surface area contributed by atoms with E-state index in [1.807, 2.05) is 24.3 Å². The van der Waals surface area contributed by atoms with Gasteiger partial charge in [0.05, 0.1) is 28.3 Å². The first kappa shape index (κ1) is 12.6. The summed E-state index contributed by atoms with van der Waals surface area (Å²) in [6.07, 6.45) is 4.93. The van der Waals surface area contributed by atoms with Crippen molar-refractivity contribution in [2.45, 2.75) is 5.92 Å². The molecule has 5 nitrogen and oxygen atoms in total. The number of pyridine rings is 1. The van der Waals surface area contributed by atoms with E-state index >= 15 is 0 Å². The zero-order valence-corrected chi connectivity index (χ0v) is 11.6. The SMILES string of the molecule is NC1=CC(C(=O)c2ccncc2)c2nc3ccccc3nc21. The molecule has 1 aromatic carbocycles. The molecule has 0 amide bonds. The van der Waals surface area contributed by atoms with E-state index in [-0.39, 0.29) is 5.78 Å². The molecule has 4 rings (SSSR count). The van der Waals surface area contributed by atoms with Crippen molar-refractivity contribution in [2.24, 2.45) is 5.73 Å². The molecule has 106 valence electrons. The molecule has 1 aliphatic carbocycles. The van der Waals surface area contributed by atoms with E-state index in [9.17, 15) is 4.79 Å². The lowest BCUT2D eigenvalue weighted by Crippen LogP contribution is -2.11. The number of carbonyl (C=O) groups excluding carboxylic acids is 1. The fraction of sp³-hybridized carbons (Fsp3) is 0.0588. The number of nitrogens with two attached hydrogens (primary N) is 1. The van der Waals surface area contributed by atoms with Gasteiger partial charge < -0.3 is 5.73 Å². The largest absolute Gasteiger partial charge is 0.397 e. The van der Waals surface area contributed by atoms with Gasteiger partial charge in [0.1, 0.15) is 5.69 Å². The molecule has 0 radical (unpaired) electrons. The third-order valence-electron chi connectivity index (χ3n) is 3.76. The molecule has 22 heavy (non-hydrogen) atoms. The lowest BCUT2D eigenvalue weighted by molar-refractivity contribution is 0.0976. The van der Waals surface area contributed by atoms with Crippen LogP contribution in [0.2, 0.25) is 0 Å².